The van der Waals surface area contributed by atoms with Crippen LogP contribution in [-0.2, 0) is 21.2 Å². The highest BCUT2D eigenvalue weighted by Crippen LogP contribution is 2.28. The summed E-state index contributed by atoms with van der Waals surface area (Å²) in [6.45, 7) is -0.853. The lowest BCUT2D eigenvalue weighted by molar-refractivity contribution is -0.135. The van der Waals surface area contributed by atoms with Gasteiger partial charge in [0.25, 0.3) is 11.5 Å². The number of rotatable bonds is 7. The van der Waals surface area contributed by atoms with Gasteiger partial charge < -0.3 is 20.4 Å². The van der Waals surface area contributed by atoms with Crippen LogP contribution < -0.4 is 15.7 Å². The minimum absolute atomic E-state index is 0.0283. The van der Waals surface area contributed by atoms with E-state index in [0.29, 0.717) is 5.56 Å². The molecule has 3 rings (SSSR count). The van der Waals surface area contributed by atoms with Crippen molar-refractivity contribution in [3.05, 3.63) is 70.0 Å². The number of nitrogens with zero attached hydrogens (tertiary/aromatic N) is 1. The molecule has 1 heterocycles. The number of aliphatic carboxylic acids is 1. The maximum absolute atomic E-state index is 12.9. The van der Waals surface area contributed by atoms with Crippen LogP contribution in [0.15, 0.2) is 58.2 Å². The molecule has 10 nitrogen and oxygen atoms in total. The van der Waals surface area contributed by atoms with Gasteiger partial charge in [-0.3, -0.25) is 14.4 Å². The number of nitrogens with one attached hydrogen (secondary N) is 1. The summed E-state index contributed by atoms with van der Waals surface area (Å²) in [5.74, 6) is -3.28. The molecule has 2 aromatic carbocycles. The molecule has 0 bridgehead atoms. The van der Waals surface area contributed by atoms with Crippen molar-refractivity contribution in [1.82, 2.24) is 10.0 Å². The van der Waals surface area contributed by atoms with Crippen molar-refractivity contribution in [3.63, 3.8) is 0 Å². The van der Waals surface area contributed by atoms with Crippen LogP contribution in [0.2, 0.25) is 0 Å². The van der Waals surface area contributed by atoms with Gasteiger partial charge in [0.1, 0.15) is 18.9 Å². The number of carboxylic acid groups (broad SMARTS) is 1. The molecule has 0 aliphatic heterocycles. The zero-order valence-corrected chi connectivity index (χ0v) is 17.0. The van der Waals surface area contributed by atoms with E-state index in [1.807, 2.05) is 5.32 Å². The van der Waals surface area contributed by atoms with Gasteiger partial charge >= 0.3 is 5.97 Å². The normalized spacial score (nSPS) is 11.3. The molecular formula is C20H18N2O8S. The van der Waals surface area contributed by atoms with Crippen molar-refractivity contribution >= 4 is 32.6 Å². The van der Waals surface area contributed by atoms with Crippen molar-refractivity contribution in [2.45, 2.75) is 11.5 Å². The van der Waals surface area contributed by atoms with Crippen LogP contribution in [-0.4, -0.2) is 48.0 Å². The highest BCUT2D eigenvalue weighted by molar-refractivity contribution is 7.90. The van der Waals surface area contributed by atoms with E-state index in [2.05, 4.69) is 0 Å². The van der Waals surface area contributed by atoms with Crippen LogP contribution in [0.1, 0.15) is 15.9 Å². The fourth-order valence-electron chi connectivity index (χ4n) is 2.85. The van der Waals surface area contributed by atoms with E-state index in [1.54, 1.807) is 30.3 Å². The van der Waals surface area contributed by atoms with Gasteiger partial charge in [-0.2, -0.15) is 0 Å². The maximum atomic E-state index is 12.9. The fraction of sp³-hybridized carbons (Fsp3) is 0.150. The summed E-state index contributed by atoms with van der Waals surface area (Å²) < 4.78 is 24.6. The molecule has 162 valence electrons. The summed E-state index contributed by atoms with van der Waals surface area (Å²) in [6, 6.07) is 12.4. The number of carboxylic acids is 1. The molecule has 0 unspecified atom stereocenters. The highest BCUT2D eigenvalue weighted by Gasteiger charge is 2.24. The lowest BCUT2D eigenvalue weighted by Crippen LogP contribution is -2.37. The topological polar surface area (TPSA) is 152 Å². The average molecular weight is 446 g/mol. The highest BCUT2D eigenvalue weighted by atomic mass is 32.2. The van der Waals surface area contributed by atoms with Crippen molar-refractivity contribution in [2.24, 2.45) is 0 Å². The van der Waals surface area contributed by atoms with E-state index in [9.17, 15) is 27.9 Å². The summed E-state index contributed by atoms with van der Waals surface area (Å²) in [7, 11) is -3.66. The SMILES string of the molecule is CS(=O)(=O)c1ccc2c(c1)c(O)c(C(=O)NCC(=O)O)c(=O)n2OCc1ccccc1. The second-order valence-corrected chi connectivity index (χ2v) is 8.63. The number of aromatic hydroxyl groups is 1. The second kappa shape index (κ2) is 8.48. The first kappa shape index (κ1) is 21.8. The van der Waals surface area contributed by atoms with E-state index >= 15 is 0 Å². The van der Waals surface area contributed by atoms with Crippen LogP contribution in [0.3, 0.4) is 0 Å². The number of carbonyl (C=O) groups excluding carboxylic acids is 1. The third-order valence-electron chi connectivity index (χ3n) is 4.34. The predicted octanol–water partition coefficient (Wildman–Crippen LogP) is 0.554. The lowest BCUT2D eigenvalue weighted by Gasteiger charge is -2.16. The van der Waals surface area contributed by atoms with Crippen molar-refractivity contribution in [1.29, 1.82) is 0 Å². The molecule has 0 saturated carbocycles. The average Bonchev–Trinajstić information content (AvgIpc) is 2.72. The van der Waals surface area contributed by atoms with Crippen LogP contribution in [0, 0.1) is 0 Å². The molecular weight excluding hydrogens is 428 g/mol. The van der Waals surface area contributed by atoms with Crippen molar-refractivity contribution in [2.75, 3.05) is 12.8 Å². The van der Waals surface area contributed by atoms with Crippen molar-refractivity contribution < 1.29 is 33.1 Å². The molecule has 0 saturated heterocycles. The van der Waals surface area contributed by atoms with E-state index in [0.717, 1.165) is 17.1 Å². The first-order valence-electron chi connectivity index (χ1n) is 8.88. The molecule has 0 radical (unpaired) electrons. The van der Waals surface area contributed by atoms with Gasteiger partial charge in [0.2, 0.25) is 0 Å². The molecule has 0 atom stereocenters. The Morgan fingerprint density at radius 3 is 2.42 bits per heavy atom. The van der Waals surface area contributed by atoms with Crippen LogP contribution in [0.4, 0.5) is 0 Å². The Morgan fingerprint density at radius 2 is 1.81 bits per heavy atom. The zero-order chi connectivity index (χ0) is 22.8. The zero-order valence-electron chi connectivity index (χ0n) is 16.2. The Bertz CT molecular complexity index is 1330. The van der Waals surface area contributed by atoms with Crippen LogP contribution >= 0.6 is 0 Å². The number of carbonyl (C=O) groups is 2. The second-order valence-electron chi connectivity index (χ2n) is 6.61. The van der Waals surface area contributed by atoms with Crippen LogP contribution in [0.5, 0.6) is 5.75 Å². The first-order valence-corrected chi connectivity index (χ1v) is 10.8. The van der Waals surface area contributed by atoms with E-state index in [-0.39, 0.29) is 22.4 Å². The number of hydrogen-bond acceptors (Lipinski definition) is 7. The number of sulfone groups is 1. The first-order chi connectivity index (χ1) is 14.6. The van der Waals surface area contributed by atoms with Gasteiger partial charge in [-0.1, -0.05) is 30.3 Å². The van der Waals surface area contributed by atoms with E-state index in [4.69, 9.17) is 9.94 Å². The summed E-state index contributed by atoms with van der Waals surface area (Å²) in [4.78, 5) is 41.5. The molecule has 11 heteroatoms. The van der Waals surface area contributed by atoms with Gasteiger partial charge in [-0.05, 0) is 23.8 Å². The minimum atomic E-state index is -3.66. The summed E-state index contributed by atoms with van der Waals surface area (Å²) in [5, 5.41) is 21.2. The molecule has 0 spiro atoms. The predicted molar refractivity (Wildman–Crippen MR) is 110 cm³/mol. The van der Waals surface area contributed by atoms with E-state index in [1.165, 1.54) is 12.1 Å². The van der Waals surface area contributed by atoms with Gasteiger partial charge in [0.15, 0.2) is 15.4 Å². The Labute approximate surface area is 176 Å². The Kier molecular flexibility index (Phi) is 5.97. The third kappa shape index (κ3) is 4.67. The molecule has 1 aromatic heterocycles. The van der Waals surface area contributed by atoms with Crippen molar-refractivity contribution in [3.8, 4) is 5.75 Å². The number of aromatic nitrogens is 1. The van der Waals surface area contributed by atoms with Gasteiger partial charge in [-0.15, -0.1) is 4.73 Å². The Hall–Kier alpha value is -3.86. The largest absolute Gasteiger partial charge is 0.506 e. The molecule has 0 aliphatic rings. The van der Waals surface area contributed by atoms with Gasteiger partial charge in [0.05, 0.1) is 10.4 Å². The smallest absolute Gasteiger partial charge is 0.322 e. The summed E-state index contributed by atoms with van der Waals surface area (Å²) >= 11 is 0. The Balaban J connectivity index is 2.20. The number of fused-ring (bicyclic) bond motifs is 1. The lowest BCUT2D eigenvalue weighted by atomic mass is 10.1. The number of hydrogen-bond donors (Lipinski definition) is 3. The number of pyridine rings is 1. The fourth-order valence-corrected chi connectivity index (χ4v) is 3.50. The van der Waals surface area contributed by atoms with Gasteiger partial charge in [-0.25, -0.2) is 8.42 Å². The molecule has 1 amide bonds. The molecule has 3 aromatic rings. The molecule has 0 aliphatic carbocycles. The van der Waals surface area contributed by atoms with E-state index < -0.39 is 45.1 Å². The number of amides is 1. The van der Waals surface area contributed by atoms with Gasteiger partial charge in [0, 0.05) is 11.6 Å². The third-order valence-corrected chi connectivity index (χ3v) is 5.45. The quantitative estimate of drug-likeness (QED) is 0.476. The molecule has 0 fully saturated rings. The monoisotopic (exact) mass is 446 g/mol. The molecule has 3 N–H and O–H groups in total. The van der Waals surface area contributed by atoms with Crippen LogP contribution in [0.25, 0.3) is 10.9 Å². The molecule has 31 heavy (non-hydrogen) atoms. The Morgan fingerprint density at radius 1 is 1.13 bits per heavy atom. The summed E-state index contributed by atoms with van der Waals surface area (Å²) in [5.41, 5.74) is -1.07. The summed E-state index contributed by atoms with van der Waals surface area (Å²) in [6.07, 6.45) is 0.966. The minimum Gasteiger partial charge on any atom is -0.506 e. The number of benzene rings is 2. The standard InChI is InChI=1S/C20H18N2O8S/c1-31(28,29)13-7-8-15-14(9-13)18(25)17(19(26)21-10-16(23)24)20(27)22(15)30-11-12-5-3-2-4-6-12/h2-9,25H,10-11H2,1H3,(H,21,26)(H,23,24). The maximum Gasteiger partial charge on any atom is 0.322 e.